The topological polar surface area (TPSA) is 0 Å². The first-order chi connectivity index (χ1) is 11.3. The Morgan fingerprint density at radius 1 is 0.652 bits per heavy atom. The standard InChI is InChI=1S/C11H11.2C5H5.CH3.Sn/c1-2-6-10(5-1)9-11-7-3-4-8-11;2*1-2-4-5-3-1;;/h1-5,7,9H,6,8H2;2*1-3H,4H2;1H3;. The van der Waals surface area contributed by atoms with Crippen LogP contribution in [-0.2, 0) is 0 Å². The Kier molecular flexibility index (Phi) is 4.19. The average molecular weight is 407 g/mol. The second-order valence-electron chi connectivity index (χ2n) is 7.03. The molecular weight excluding hydrogens is 383 g/mol. The van der Waals surface area contributed by atoms with Crippen LogP contribution in [-0.4, -0.2) is 18.4 Å². The van der Waals surface area contributed by atoms with Crippen LogP contribution in [0.1, 0.15) is 25.7 Å². The Morgan fingerprint density at radius 3 is 1.43 bits per heavy atom. The van der Waals surface area contributed by atoms with E-state index in [-0.39, 0.29) is 0 Å². The molecule has 0 aliphatic heterocycles. The van der Waals surface area contributed by atoms with Gasteiger partial charge in [-0.25, -0.2) is 0 Å². The second-order valence-corrected chi connectivity index (χ2v) is 19.2. The Labute approximate surface area is 143 Å². The second kappa shape index (κ2) is 6.31. The van der Waals surface area contributed by atoms with E-state index in [9.17, 15) is 0 Å². The zero-order valence-corrected chi connectivity index (χ0v) is 16.7. The SMILES string of the molecule is [CH3][Sn]([C]1=CC=CC1)([C]1=CC=CC1)[CH](C1=CC=CC1)C1=CC=CC1. The normalized spacial score (nSPS) is 22.2. The Morgan fingerprint density at radius 2 is 1.09 bits per heavy atom. The van der Waals surface area contributed by atoms with Crippen LogP contribution in [0.25, 0.3) is 0 Å². The average Bonchev–Trinajstić information content (AvgIpc) is 3.34. The van der Waals surface area contributed by atoms with E-state index in [1.165, 1.54) is 12.8 Å². The van der Waals surface area contributed by atoms with Crippen molar-refractivity contribution in [2.75, 3.05) is 0 Å². The number of allylic oxidation sites excluding steroid dienone is 16. The van der Waals surface area contributed by atoms with Gasteiger partial charge in [0.2, 0.25) is 0 Å². The van der Waals surface area contributed by atoms with Crippen molar-refractivity contribution in [3.63, 3.8) is 0 Å². The van der Waals surface area contributed by atoms with Gasteiger partial charge in [0.25, 0.3) is 0 Å². The first kappa shape index (κ1) is 15.3. The first-order valence-electron chi connectivity index (χ1n) is 8.73. The summed E-state index contributed by atoms with van der Waals surface area (Å²) in [7, 11) is 0. The summed E-state index contributed by atoms with van der Waals surface area (Å²) in [4.78, 5) is 2.69. The summed E-state index contributed by atoms with van der Waals surface area (Å²) in [5.74, 6) is 0. The van der Waals surface area contributed by atoms with Crippen molar-refractivity contribution in [3.05, 3.63) is 91.2 Å². The van der Waals surface area contributed by atoms with Crippen LogP contribution in [0.2, 0.25) is 8.87 Å². The van der Waals surface area contributed by atoms with E-state index in [0.717, 1.165) is 12.8 Å². The molecule has 0 saturated heterocycles. The summed E-state index contributed by atoms with van der Waals surface area (Å²) in [6.45, 7) is 0. The summed E-state index contributed by atoms with van der Waals surface area (Å²) in [5, 5.41) is 0. The van der Waals surface area contributed by atoms with Gasteiger partial charge in [0, 0.05) is 0 Å². The molecule has 23 heavy (non-hydrogen) atoms. The minimum absolute atomic E-state index is 0.687. The van der Waals surface area contributed by atoms with Gasteiger partial charge >= 0.3 is 144 Å². The van der Waals surface area contributed by atoms with Gasteiger partial charge in [-0.2, -0.15) is 0 Å². The van der Waals surface area contributed by atoms with Crippen molar-refractivity contribution < 1.29 is 0 Å². The van der Waals surface area contributed by atoms with Crippen LogP contribution >= 0.6 is 0 Å². The van der Waals surface area contributed by atoms with Gasteiger partial charge in [-0.05, 0) is 0 Å². The van der Waals surface area contributed by atoms with Gasteiger partial charge in [-0.3, -0.25) is 0 Å². The van der Waals surface area contributed by atoms with Gasteiger partial charge in [0.1, 0.15) is 0 Å². The summed E-state index contributed by atoms with van der Waals surface area (Å²) < 4.78 is 4.24. The molecule has 0 nitrogen and oxygen atoms in total. The molecular formula is C22H24Sn. The Hall–Kier alpha value is -1.28. The van der Waals surface area contributed by atoms with Crippen LogP contribution in [0, 0.1) is 0 Å². The van der Waals surface area contributed by atoms with Gasteiger partial charge in [0.05, 0.1) is 0 Å². The summed E-state index contributed by atoms with van der Waals surface area (Å²) in [6.07, 6.45) is 32.9. The van der Waals surface area contributed by atoms with E-state index in [1.807, 2.05) is 0 Å². The van der Waals surface area contributed by atoms with Crippen molar-refractivity contribution in [1.82, 2.24) is 0 Å². The van der Waals surface area contributed by atoms with Gasteiger partial charge < -0.3 is 0 Å². The molecule has 0 aromatic carbocycles. The van der Waals surface area contributed by atoms with Crippen molar-refractivity contribution in [3.8, 4) is 0 Å². The third-order valence-electron chi connectivity index (χ3n) is 5.80. The fourth-order valence-electron chi connectivity index (χ4n) is 4.58. The predicted molar refractivity (Wildman–Crippen MR) is 103 cm³/mol. The fourth-order valence-corrected chi connectivity index (χ4v) is 18.9. The third kappa shape index (κ3) is 2.61. The van der Waals surface area contributed by atoms with Crippen LogP contribution in [0.5, 0.6) is 0 Å². The molecule has 0 aromatic heterocycles. The zero-order chi connectivity index (χ0) is 15.7. The van der Waals surface area contributed by atoms with Gasteiger partial charge in [-0.1, -0.05) is 0 Å². The van der Waals surface area contributed by atoms with E-state index in [1.54, 1.807) is 18.3 Å². The Bertz CT molecular complexity index is 687. The van der Waals surface area contributed by atoms with Crippen molar-refractivity contribution in [2.45, 2.75) is 34.6 Å². The van der Waals surface area contributed by atoms with E-state index in [0.29, 0.717) is 3.93 Å². The van der Waals surface area contributed by atoms with Crippen LogP contribution in [0.4, 0.5) is 0 Å². The van der Waals surface area contributed by atoms with Crippen molar-refractivity contribution in [2.24, 2.45) is 0 Å². The minimum atomic E-state index is -2.71. The molecule has 0 amide bonds. The molecule has 0 saturated carbocycles. The van der Waals surface area contributed by atoms with Crippen LogP contribution in [0.3, 0.4) is 0 Å². The van der Waals surface area contributed by atoms with Crippen LogP contribution in [0.15, 0.2) is 91.2 Å². The van der Waals surface area contributed by atoms with Crippen molar-refractivity contribution >= 4 is 18.4 Å². The molecule has 4 aliphatic carbocycles. The predicted octanol–water partition coefficient (Wildman–Crippen LogP) is 6.06. The van der Waals surface area contributed by atoms with E-state index < -0.39 is 18.4 Å². The molecule has 0 N–H and O–H groups in total. The van der Waals surface area contributed by atoms with E-state index in [2.05, 4.69) is 77.9 Å². The zero-order valence-electron chi connectivity index (χ0n) is 13.8. The molecule has 0 radical (unpaired) electrons. The van der Waals surface area contributed by atoms with E-state index >= 15 is 0 Å². The quantitative estimate of drug-likeness (QED) is 0.487. The Balaban J connectivity index is 1.81. The molecule has 0 bridgehead atoms. The van der Waals surface area contributed by atoms with Gasteiger partial charge in [0.15, 0.2) is 0 Å². The van der Waals surface area contributed by atoms with E-state index in [4.69, 9.17) is 0 Å². The third-order valence-corrected chi connectivity index (χ3v) is 20.9. The molecule has 0 heterocycles. The molecule has 4 aliphatic rings. The van der Waals surface area contributed by atoms with Crippen LogP contribution < -0.4 is 0 Å². The molecule has 0 fully saturated rings. The van der Waals surface area contributed by atoms with Gasteiger partial charge in [-0.15, -0.1) is 0 Å². The molecule has 0 unspecified atom stereocenters. The monoisotopic (exact) mass is 408 g/mol. The van der Waals surface area contributed by atoms with Crippen molar-refractivity contribution in [1.29, 1.82) is 0 Å². The summed E-state index contributed by atoms with van der Waals surface area (Å²) in [5.41, 5.74) is 3.33. The molecule has 116 valence electrons. The molecule has 0 aromatic rings. The maximum absolute atomic E-state index is 2.71. The molecule has 0 spiro atoms. The first-order valence-corrected chi connectivity index (χ1v) is 16.1. The maximum atomic E-state index is 2.69. The number of hydrogen-bond donors (Lipinski definition) is 0. The summed E-state index contributed by atoms with van der Waals surface area (Å²) in [6, 6.07) is 0. The fraction of sp³-hybridized carbons (Fsp3) is 0.273. The molecule has 1 heteroatoms. The molecule has 0 atom stereocenters. The number of rotatable bonds is 5. The molecule has 4 rings (SSSR count). The number of hydrogen-bond acceptors (Lipinski definition) is 0. The summed E-state index contributed by atoms with van der Waals surface area (Å²) >= 11 is -2.71.